The molecule has 2 aromatic carbocycles. The number of para-hydroxylation sites is 1. The number of amides is 1. The van der Waals surface area contributed by atoms with E-state index in [4.69, 9.17) is 9.47 Å². The number of esters is 1. The van der Waals surface area contributed by atoms with Crippen LogP contribution in [0, 0.1) is 5.82 Å². The van der Waals surface area contributed by atoms with Crippen LogP contribution in [-0.2, 0) is 19.1 Å². The summed E-state index contributed by atoms with van der Waals surface area (Å²) in [6.45, 7) is 3.50. The maximum Gasteiger partial charge on any atom is 0.317 e. The summed E-state index contributed by atoms with van der Waals surface area (Å²) in [5, 5.41) is 8.98. The molecule has 0 aliphatic carbocycles. The Balaban J connectivity index is 1.47. The number of morpholine rings is 1. The van der Waals surface area contributed by atoms with Gasteiger partial charge in [-0.1, -0.05) is 30.0 Å². The number of rotatable bonds is 7. The molecule has 1 aromatic heterocycles. The van der Waals surface area contributed by atoms with Gasteiger partial charge < -0.3 is 14.4 Å². The monoisotopic (exact) mass is 470 g/mol. The summed E-state index contributed by atoms with van der Waals surface area (Å²) in [7, 11) is 0. The number of carbonyl (C=O) groups excluding carboxylic acids is 2. The normalized spacial score (nSPS) is 14.7. The highest BCUT2D eigenvalue weighted by molar-refractivity contribution is 7.99. The molecular formula is C23H23FN4O4S. The van der Waals surface area contributed by atoms with Gasteiger partial charge in [0.15, 0.2) is 17.1 Å². The van der Waals surface area contributed by atoms with E-state index in [0.717, 1.165) is 17.4 Å². The molecule has 4 rings (SSSR count). The Bertz CT molecular complexity index is 1100. The zero-order valence-electron chi connectivity index (χ0n) is 18.0. The summed E-state index contributed by atoms with van der Waals surface area (Å²) in [4.78, 5) is 26.5. The van der Waals surface area contributed by atoms with E-state index in [1.807, 2.05) is 30.3 Å². The number of hydrogen-bond acceptors (Lipinski definition) is 7. The number of ether oxygens (including phenoxy) is 2. The lowest BCUT2D eigenvalue weighted by molar-refractivity contribution is -0.158. The number of aromatic nitrogens is 3. The summed E-state index contributed by atoms with van der Waals surface area (Å²) in [6, 6.07) is 15.4. The molecule has 3 aromatic rings. The second kappa shape index (κ2) is 10.6. The molecule has 172 valence electrons. The molecule has 1 aliphatic rings. The molecule has 0 saturated carbocycles. The standard InChI is InChI=1S/C23H23FN4O4S/c1-16(22(30)27-11-13-31-14-12-27)32-20(29)15-33-23-26-25-21(17-7-9-18(24)10-8-17)28(23)19-5-3-2-4-6-19/h2-10,16H,11-15H2,1H3. The largest absolute Gasteiger partial charge is 0.452 e. The van der Waals surface area contributed by atoms with Gasteiger partial charge in [-0.15, -0.1) is 10.2 Å². The zero-order valence-corrected chi connectivity index (χ0v) is 18.8. The van der Waals surface area contributed by atoms with Crippen LogP contribution < -0.4 is 0 Å². The number of thioether (sulfide) groups is 1. The predicted octanol–water partition coefficient (Wildman–Crippen LogP) is 2.96. The average molecular weight is 471 g/mol. The summed E-state index contributed by atoms with van der Waals surface area (Å²) >= 11 is 1.15. The van der Waals surface area contributed by atoms with Crippen LogP contribution in [-0.4, -0.2) is 69.7 Å². The van der Waals surface area contributed by atoms with E-state index in [-0.39, 0.29) is 17.5 Å². The van der Waals surface area contributed by atoms with E-state index < -0.39 is 12.1 Å². The Hall–Kier alpha value is -3.24. The van der Waals surface area contributed by atoms with Crippen molar-refractivity contribution in [1.29, 1.82) is 0 Å². The molecule has 10 heteroatoms. The SMILES string of the molecule is CC(OC(=O)CSc1nnc(-c2ccc(F)cc2)n1-c1ccccc1)C(=O)N1CCOCC1. The first-order valence-corrected chi connectivity index (χ1v) is 11.5. The van der Waals surface area contributed by atoms with E-state index in [2.05, 4.69) is 10.2 Å². The fourth-order valence-corrected chi connectivity index (χ4v) is 4.14. The molecule has 1 saturated heterocycles. The van der Waals surface area contributed by atoms with Crippen molar-refractivity contribution in [2.24, 2.45) is 0 Å². The zero-order chi connectivity index (χ0) is 23.2. The molecule has 1 aliphatic heterocycles. The van der Waals surface area contributed by atoms with Crippen molar-refractivity contribution in [3.63, 3.8) is 0 Å². The third kappa shape index (κ3) is 5.58. The smallest absolute Gasteiger partial charge is 0.317 e. The Morgan fingerprint density at radius 3 is 2.48 bits per heavy atom. The summed E-state index contributed by atoms with van der Waals surface area (Å²) in [5.74, 6) is -0.631. The van der Waals surface area contributed by atoms with E-state index in [9.17, 15) is 14.0 Å². The van der Waals surface area contributed by atoms with Gasteiger partial charge in [-0.25, -0.2) is 4.39 Å². The lowest BCUT2D eigenvalue weighted by Gasteiger charge is -2.28. The van der Waals surface area contributed by atoms with Crippen molar-refractivity contribution >= 4 is 23.6 Å². The molecule has 0 radical (unpaired) electrons. The Kier molecular flexibility index (Phi) is 7.36. The highest BCUT2D eigenvalue weighted by Gasteiger charge is 2.26. The van der Waals surface area contributed by atoms with Crippen LogP contribution in [0.2, 0.25) is 0 Å². The van der Waals surface area contributed by atoms with Crippen LogP contribution in [0.25, 0.3) is 17.1 Å². The van der Waals surface area contributed by atoms with E-state index in [1.54, 1.807) is 28.5 Å². The van der Waals surface area contributed by atoms with Crippen molar-refractivity contribution < 1.29 is 23.5 Å². The number of halogens is 1. The molecule has 2 heterocycles. The van der Waals surface area contributed by atoms with Gasteiger partial charge in [0.2, 0.25) is 0 Å². The third-order valence-electron chi connectivity index (χ3n) is 5.05. The van der Waals surface area contributed by atoms with E-state index in [1.165, 1.54) is 12.1 Å². The second-order valence-electron chi connectivity index (χ2n) is 7.34. The molecule has 1 amide bonds. The number of hydrogen-bond donors (Lipinski definition) is 0. The van der Waals surface area contributed by atoms with Gasteiger partial charge in [-0.2, -0.15) is 0 Å². The lowest BCUT2D eigenvalue weighted by Crippen LogP contribution is -2.46. The maximum absolute atomic E-state index is 13.4. The molecule has 0 N–H and O–H groups in total. The minimum Gasteiger partial charge on any atom is -0.452 e. The van der Waals surface area contributed by atoms with Crippen LogP contribution >= 0.6 is 11.8 Å². The average Bonchev–Trinajstić information content (AvgIpc) is 3.27. The van der Waals surface area contributed by atoms with Crippen LogP contribution in [0.1, 0.15) is 6.92 Å². The van der Waals surface area contributed by atoms with Gasteiger partial charge in [0.1, 0.15) is 5.82 Å². The fourth-order valence-electron chi connectivity index (χ4n) is 3.41. The lowest BCUT2D eigenvalue weighted by atomic mass is 10.2. The molecule has 0 spiro atoms. The molecule has 1 unspecified atom stereocenters. The van der Waals surface area contributed by atoms with Crippen LogP contribution in [0.4, 0.5) is 4.39 Å². The molecule has 1 fully saturated rings. The Morgan fingerprint density at radius 1 is 1.09 bits per heavy atom. The number of benzene rings is 2. The summed E-state index contributed by atoms with van der Waals surface area (Å²) in [5.41, 5.74) is 1.49. The predicted molar refractivity (Wildman–Crippen MR) is 120 cm³/mol. The highest BCUT2D eigenvalue weighted by Crippen LogP contribution is 2.28. The van der Waals surface area contributed by atoms with Crippen LogP contribution in [0.15, 0.2) is 59.8 Å². The molecule has 8 nitrogen and oxygen atoms in total. The first-order valence-electron chi connectivity index (χ1n) is 10.5. The Morgan fingerprint density at radius 2 is 1.79 bits per heavy atom. The maximum atomic E-state index is 13.4. The topological polar surface area (TPSA) is 86.5 Å². The Labute approximate surface area is 194 Å². The third-order valence-corrected chi connectivity index (χ3v) is 5.95. The van der Waals surface area contributed by atoms with E-state index in [0.29, 0.717) is 42.8 Å². The highest BCUT2D eigenvalue weighted by atomic mass is 32.2. The van der Waals surface area contributed by atoms with Crippen molar-refractivity contribution in [3.8, 4) is 17.1 Å². The quantitative estimate of drug-likeness (QED) is 0.388. The fraction of sp³-hybridized carbons (Fsp3) is 0.304. The molecule has 1 atom stereocenters. The second-order valence-corrected chi connectivity index (χ2v) is 8.28. The minimum absolute atomic E-state index is 0.0465. The first-order chi connectivity index (χ1) is 16.0. The van der Waals surface area contributed by atoms with Crippen LogP contribution in [0.5, 0.6) is 0 Å². The molecular weight excluding hydrogens is 447 g/mol. The van der Waals surface area contributed by atoms with Gasteiger partial charge in [-0.3, -0.25) is 14.2 Å². The van der Waals surface area contributed by atoms with E-state index >= 15 is 0 Å². The molecule has 33 heavy (non-hydrogen) atoms. The summed E-state index contributed by atoms with van der Waals surface area (Å²) < 4.78 is 25.8. The number of nitrogens with zero attached hydrogens (tertiary/aromatic N) is 4. The van der Waals surface area contributed by atoms with Gasteiger partial charge >= 0.3 is 5.97 Å². The first kappa shape index (κ1) is 22.9. The minimum atomic E-state index is -0.877. The van der Waals surface area contributed by atoms with Crippen molar-refractivity contribution in [2.45, 2.75) is 18.2 Å². The number of carbonyl (C=O) groups is 2. The molecule has 0 bridgehead atoms. The van der Waals surface area contributed by atoms with Gasteiger partial charge in [0, 0.05) is 24.3 Å². The van der Waals surface area contributed by atoms with Crippen molar-refractivity contribution in [2.75, 3.05) is 32.1 Å². The van der Waals surface area contributed by atoms with Crippen molar-refractivity contribution in [3.05, 3.63) is 60.4 Å². The van der Waals surface area contributed by atoms with Gasteiger partial charge in [-0.05, 0) is 43.3 Å². The van der Waals surface area contributed by atoms with Crippen LogP contribution in [0.3, 0.4) is 0 Å². The summed E-state index contributed by atoms with van der Waals surface area (Å²) in [6.07, 6.45) is -0.877. The van der Waals surface area contributed by atoms with Gasteiger partial charge in [0.25, 0.3) is 5.91 Å². The van der Waals surface area contributed by atoms with Gasteiger partial charge in [0.05, 0.1) is 19.0 Å². The van der Waals surface area contributed by atoms with Crippen molar-refractivity contribution in [1.82, 2.24) is 19.7 Å².